The highest BCUT2D eigenvalue weighted by Crippen LogP contribution is 2.27. The fraction of sp³-hybridized carbons (Fsp3) is 0.571. The van der Waals surface area contributed by atoms with Gasteiger partial charge < -0.3 is 15.3 Å². The molecule has 0 saturated heterocycles. The second-order valence-corrected chi connectivity index (χ2v) is 4.63. The molecule has 1 aromatic rings. The van der Waals surface area contributed by atoms with Crippen LogP contribution in [0.3, 0.4) is 0 Å². The molecule has 0 aromatic heterocycles. The van der Waals surface area contributed by atoms with Crippen LogP contribution in [0.15, 0.2) is 18.2 Å². The third-order valence-corrected chi connectivity index (χ3v) is 3.27. The average Bonchev–Trinajstić information content (AvgIpc) is 2.37. The van der Waals surface area contributed by atoms with Crippen molar-refractivity contribution in [3.8, 4) is 0 Å². The molecule has 2 atom stereocenters. The zero-order valence-electron chi connectivity index (χ0n) is 11.6. The van der Waals surface area contributed by atoms with Crippen LogP contribution in [0, 0.1) is 5.82 Å². The number of nitrogens with zero attached hydrogens (tertiary/aromatic N) is 1. The monoisotopic (exact) mass is 254 g/mol. The number of hydrogen-bond donors (Lipinski definition) is 2. The van der Waals surface area contributed by atoms with E-state index in [1.807, 2.05) is 32.7 Å². The van der Waals surface area contributed by atoms with E-state index in [1.165, 1.54) is 6.07 Å². The van der Waals surface area contributed by atoms with Gasteiger partial charge in [-0.05, 0) is 44.2 Å². The van der Waals surface area contributed by atoms with E-state index >= 15 is 0 Å². The zero-order chi connectivity index (χ0) is 13.7. The fourth-order valence-electron chi connectivity index (χ4n) is 1.97. The number of anilines is 1. The number of aliphatic hydroxyl groups excluding tert-OH is 1. The second kappa shape index (κ2) is 6.71. The van der Waals surface area contributed by atoms with Crippen LogP contribution >= 0.6 is 0 Å². The van der Waals surface area contributed by atoms with E-state index in [2.05, 4.69) is 5.32 Å². The number of hydrogen-bond acceptors (Lipinski definition) is 3. The highest BCUT2D eigenvalue weighted by atomic mass is 19.1. The van der Waals surface area contributed by atoms with Crippen LogP contribution in [0.25, 0.3) is 0 Å². The normalized spacial score (nSPS) is 14.3. The molecular weight excluding hydrogens is 231 g/mol. The van der Waals surface area contributed by atoms with Gasteiger partial charge in [-0.3, -0.25) is 0 Å². The van der Waals surface area contributed by atoms with Gasteiger partial charge in [-0.15, -0.1) is 0 Å². The van der Waals surface area contributed by atoms with Crippen LogP contribution in [0.1, 0.15) is 32.4 Å². The highest BCUT2D eigenvalue weighted by molar-refractivity contribution is 5.55. The minimum Gasteiger partial charge on any atom is -0.394 e. The Morgan fingerprint density at radius 1 is 1.39 bits per heavy atom. The molecule has 18 heavy (non-hydrogen) atoms. The summed E-state index contributed by atoms with van der Waals surface area (Å²) in [6.07, 6.45) is 0. The third-order valence-electron chi connectivity index (χ3n) is 3.27. The molecular formula is C14H23FN2O. The van der Waals surface area contributed by atoms with E-state index in [-0.39, 0.29) is 24.5 Å². The maximum atomic E-state index is 13.4. The van der Waals surface area contributed by atoms with Crippen molar-refractivity contribution in [1.29, 1.82) is 0 Å². The molecule has 4 heteroatoms. The van der Waals surface area contributed by atoms with Gasteiger partial charge in [0.2, 0.25) is 0 Å². The van der Waals surface area contributed by atoms with Crippen LogP contribution < -0.4 is 10.2 Å². The van der Waals surface area contributed by atoms with E-state index < -0.39 is 0 Å². The molecule has 0 amide bonds. The SMILES string of the molecule is CCNC(C)c1cc(F)ccc1N(C)C(C)CO. The largest absolute Gasteiger partial charge is 0.394 e. The van der Waals surface area contributed by atoms with Crippen molar-refractivity contribution < 1.29 is 9.50 Å². The summed E-state index contributed by atoms with van der Waals surface area (Å²) in [5.41, 5.74) is 1.87. The summed E-state index contributed by atoms with van der Waals surface area (Å²) in [5, 5.41) is 12.5. The van der Waals surface area contributed by atoms with Gasteiger partial charge in [-0.25, -0.2) is 4.39 Å². The summed E-state index contributed by atoms with van der Waals surface area (Å²) in [6.45, 7) is 6.87. The van der Waals surface area contributed by atoms with Gasteiger partial charge >= 0.3 is 0 Å². The van der Waals surface area contributed by atoms with E-state index in [9.17, 15) is 9.50 Å². The predicted octanol–water partition coefficient (Wildman–Crippen LogP) is 2.31. The quantitative estimate of drug-likeness (QED) is 0.817. The van der Waals surface area contributed by atoms with Crippen molar-refractivity contribution in [2.75, 3.05) is 25.1 Å². The Morgan fingerprint density at radius 3 is 2.61 bits per heavy atom. The summed E-state index contributed by atoms with van der Waals surface area (Å²) in [5.74, 6) is -0.233. The van der Waals surface area contributed by atoms with Crippen molar-refractivity contribution in [2.24, 2.45) is 0 Å². The van der Waals surface area contributed by atoms with Gasteiger partial charge in [0, 0.05) is 24.8 Å². The van der Waals surface area contributed by atoms with Crippen molar-refractivity contribution in [2.45, 2.75) is 32.9 Å². The lowest BCUT2D eigenvalue weighted by atomic mass is 10.0. The van der Waals surface area contributed by atoms with E-state index in [0.29, 0.717) is 0 Å². The maximum absolute atomic E-state index is 13.4. The zero-order valence-corrected chi connectivity index (χ0v) is 11.6. The van der Waals surface area contributed by atoms with Crippen LogP contribution in [-0.4, -0.2) is 31.3 Å². The van der Waals surface area contributed by atoms with Gasteiger partial charge in [0.15, 0.2) is 0 Å². The van der Waals surface area contributed by atoms with E-state index in [1.54, 1.807) is 12.1 Å². The summed E-state index contributed by atoms with van der Waals surface area (Å²) < 4.78 is 13.4. The van der Waals surface area contributed by atoms with Gasteiger partial charge in [0.1, 0.15) is 5.82 Å². The second-order valence-electron chi connectivity index (χ2n) is 4.63. The van der Waals surface area contributed by atoms with Crippen LogP contribution in [0.4, 0.5) is 10.1 Å². The average molecular weight is 254 g/mol. The Labute approximate surface area is 109 Å². The Hall–Kier alpha value is -1.13. The van der Waals surface area contributed by atoms with Crippen molar-refractivity contribution in [3.05, 3.63) is 29.6 Å². The lowest BCUT2D eigenvalue weighted by molar-refractivity contribution is 0.270. The maximum Gasteiger partial charge on any atom is 0.123 e. The number of nitrogens with one attached hydrogen (secondary N) is 1. The summed E-state index contributed by atoms with van der Waals surface area (Å²) >= 11 is 0. The summed E-state index contributed by atoms with van der Waals surface area (Å²) in [4.78, 5) is 1.97. The minimum atomic E-state index is -0.233. The summed E-state index contributed by atoms with van der Waals surface area (Å²) in [6, 6.07) is 4.86. The number of benzene rings is 1. The molecule has 0 saturated carbocycles. The van der Waals surface area contributed by atoms with E-state index in [4.69, 9.17) is 0 Å². The Kier molecular flexibility index (Phi) is 5.56. The first-order valence-corrected chi connectivity index (χ1v) is 6.37. The van der Waals surface area contributed by atoms with Crippen LogP contribution in [-0.2, 0) is 0 Å². The third kappa shape index (κ3) is 3.43. The predicted molar refractivity (Wildman–Crippen MR) is 73.4 cm³/mol. The molecule has 0 aliphatic heterocycles. The topological polar surface area (TPSA) is 35.5 Å². The molecule has 3 nitrogen and oxygen atoms in total. The molecule has 0 aliphatic carbocycles. The molecule has 2 unspecified atom stereocenters. The Bertz CT molecular complexity index is 384. The molecule has 0 fully saturated rings. The number of likely N-dealkylation sites (N-methyl/N-ethyl adjacent to an activating group) is 1. The lowest BCUT2D eigenvalue weighted by Crippen LogP contribution is -2.33. The first-order chi connectivity index (χ1) is 8.51. The van der Waals surface area contributed by atoms with Crippen LogP contribution in [0.2, 0.25) is 0 Å². The Morgan fingerprint density at radius 2 is 2.06 bits per heavy atom. The van der Waals surface area contributed by atoms with E-state index in [0.717, 1.165) is 17.8 Å². The molecule has 0 radical (unpaired) electrons. The first kappa shape index (κ1) is 14.9. The first-order valence-electron chi connectivity index (χ1n) is 6.37. The molecule has 0 spiro atoms. The lowest BCUT2D eigenvalue weighted by Gasteiger charge is -2.29. The molecule has 0 heterocycles. The standard InChI is InChI=1S/C14H23FN2O/c1-5-16-11(3)13-8-12(15)6-7-14(13)17(4)10(2)9-18/h6-8,10-11,16,18H,5,9H2,1-4H3. The van der Waals surface area contributed by atoms with Crippen molar-refractivity contribution >= 4 is 5.69 Å². The molecule has 1 rings (SSSR count). The smallest absolute Gasteiger partial charge is 0.123 e. The number of aliphatic hydroxyl groups is 1. The van der Waals surface area contributed by atoms with Crippen molar-refractivity contribution in [1.82, 2.24) is 5.32 Å². The fourth-order valence-corrected chi connectivity index (χ4v) is 1.97. The van der Waals surface area contributed by atoms with Gasteiger partial charge in [0.05, 0.1) is 6.61 Å². The molecule has 0 bridgehead atoms. The molecule has 0 aliphatic rings. The molecule has 2 N–H and O–H groups in total. The Balaban J connectivity index is 3.10. The van der Waals surface area contributed by atoms with Gasteiger partial charge in [0.25, 0.3) is 0 Å². The van der Waals surface area contributed by atoms with Crippen LogP contribution in [0.5, 0.6) is 0 Å². The van der Waals surface area contributed by atoms with Gasteiger partial charge in [-0.2, -0.15) is 0 Å². The summed E-state index contributed by atoms with van der Waals surface area (Å²) in [7, 11) is 1.91. The van der Waals surface area contributed by atoms with Crippen molar-refractivity contribution in [3.63, 3.8) is 0 Å². The molecule has 1 aromatic carbocycles. The minimum absolute atomic E-state index is 0.00281. The number of halogens is 1. The highest BCUT2D eigenvalue weighted by Gasteiger charge is 2.17. The molecule has 102 valence electrons. The van der Waals surface area contributed by atoms with Gasteiger partial charge in [-0.1, -0.05) is 6.92 Å². The number of rotatable bonds is 6.